The van der Waals surface area contributed by atoms with Gasteiger partial charge in [-0.05, 0) is 36.6 Å². The Morgan fingerprint density at radius 1 is 0.967 bits per heavy atom. The van der Waals surface area contributed by atoms with Crippen LogP contribution in [-0.4, -0.2) is 32.8 Å². The first kappa shape index (κ1) is 19.6. The number of aryl methyl sites for hydroxylation is 2. The zero-order valence-corrected chi connectivity index (χ0v) is 16.4. The van der Waals surface area contributed by atoms with Gasteiger partial charge in [0.05, 0.1) is 12.0 Å². The van der Waals surface area contributed by atoms with Gasteiger partial charge in [-0.1, -0.05) is 18.2 Å². The minimum atomic E-state index is -0.291. The Morgan fingerprint density at radius 2 is 1.77 bits per heavy atom. The number of benzene rings is 1. The van der Waals surface area contributed by atoms with Gasteiger partial charge in [-0.15, -0.1) is 0 Å². The number of aromatic nitrogens is 2. The number of imide groups is 1. The second-order valence-corrected chi connectivity index (χ2v) is 7.21. The molecule has 3 aromatic rings. The van der Waals surface area contributed by atoms with E-state index in [-0.39, 0.29) is 49.3 Å². The van der Waals surface area contributed by atoms with E-state index in [1.54, 1.807) is 6.26 Å². The standard InChI is InChI=1S/C22H22N4O4/c23-22-24-17(7-6-15-3-1-4-16(13-15)18-5-2-12-30-18)14-21(29)26(22)11-10-25-19(27)8-9-20(25)28/h1-5,12-14H,6-11H2,(H2,23,24). The molecule has 8 nitrogen and oxygen atoms in total. The molecular weight excluding hydrogens is 384 g/mol. The average Bonchev–Trinajstić information content (AvgIpc) is 3.37. The molecule has 2 aromatic heterocycles. The molecule has 0 spiro atoms. The van der Waals surface area contributed by atoms with E-state index in [0.29, 0.717) is 18.5 Å². The Bertz CT molecular complexity index is 1120. The molecule has 0 atom stereocenters. The number of carbonyl (C=O) groups is 2. The number of nitrogens with zero attached hydrogens (tertiary/aromatic N) is 3. The van der Waals surface area contributed by atoms with E-state index in [9.17, 15) is 14.4 Å². The van der Waals surface area contributed by atoms with Crippen LogP contribution in [0.4, 0.5) is 5.95 Å². The number of nitrogen functional groups attached to an aromatic ring is 1. The SMILES string of the molecule is Nc1nc(CCc2cccc(-c3ccco3)c2)cc(=O)n1CCN1C(=O)CCC1=O. The Kier molecular flexibility index (Phi) is 5.47. The van der Waals surface area contributed by atoms with Crippen LogP contribution in [0.15, 0.2) is 57.9 Å². The molecule has 0 unspecified atom stereocenters. The zero-order valence-electron chi connectivity index (χ0n) is 16.4. The molecule has 3 heterocycles. The number of nitrogens with two attached hydrogens (primary N) is 1. The summed E-state index contributed by atoms with van der Waals surface area (Å²) in [6.07, 6.45) is 3.34. The van der Waals surface area contributed by atoms with Gasteiger partial charge in [0.2, 0.25) is 17.8 Å². The van der Waals surface area contributed by atoms with Crippen molar-refractivity contribution in [3.8, 4) is 11.3 Å². The van der Waals surface area contributed by atoms with Crippen LogP contribution in [-0.2, 0) is 29.0 Å². The van der Waals surface area contributed by atoms with Crippen LogP contribution in [0.25, 0.3) is 11.3 Å². The van der Waals surface area contributed by atoms with Crippen molar-refractivity contribution in [1.82, 2.24) is 14.5 Å². The van der Waals surface area contributed by atoms with Crippen LogP contribution < -0.4 is 11.3 Å². The molecule has 0 saturated carbocycles. The normalized spacial score (nSPS) is 13.9. The summed E-state index contributed by atoms with van der Waals surface area (Å²) in [5.74, 6) is 0.457. The minimum Gasteiger partial charge on any atom is -0.464 e. The molecule has 2 N–H and O–H groups in total. The van der Waals surface area contributed by atoms with Gasteiger partial charge in [0.25, 0.3) is 5.56 Å². The highest BCUT2D eigenvalue weighted by Gasteiger charge is 2.28. The topological polar surface area (TPSA) is 111 Å². The molecule has 1 aliphatic rings. The maximum Gasteiger partial charge on any atom is 0.255 e. The fourth-order valence-corrected chi connectivity index (χ4v) is 3.59. The summed E-state index contributed by atoms with van der Waals surface area (Å²) in [5, 5.41) is 0. The van der Waals surface area contributed by atoms with Crippen molar-refractivity contribution in [3.05, 3.63) is 70.3 Å². The zero-order chi connectivity index (χ0) is 21.1. The molecule has 1 aromatic carbocycles. The quantitative estimate of drug-likeness (QED) is 0.601. The molecule has 1 aliphatic heterocycles. The van der Waals surface area contributed by atoms with Crippen LogP contribution >= 0.6 is 0 Å². The van der Waals surface area contributed by atoms with Gasteiger partial charge in [-0.25, -0.2) is 4.98 Å². The maximum atomic E-state index is 12.5. The van der Waals surface area contributed by atoms with Gasteiger partial charge in [-0.3, -0.25) is 23.9 Å². The third-order valence-electron chi connectivity index (χ3n) is 5.20. The van der Waals surface area contributed by atoms with Gasteiger partial charge in [0, 0.05) is 37.6 Å². The van der Waals surface area contributed by atoms with Gasteiger partial charge in [-0.2, -0.15) is 0 Å². The number of hydrogen-bond donors (Lipinski definition) is 1. The van der Waals surface area contributed by atoms with Gasteiger partial charge < -0.3 is 10.2 Å². The first-order valence-electron chi connectivity index (χ1n) is 9.83. The van der Waals surface area contributed by atoms with Gasteiger partial charge in [0.15, 0.2) is 0 Å². The summed E-state index contributed by atoms with van der Waals surface area (Å²) in [6, 6.07) is 13.2. The van der Waals surface area contributed by atoms with Crippen molar-refractivity contribution in [3.63, 3.8) is 0 Å². The van der Waals surface area contributed by atoms with E-state index in [1.807, 2.05) is 36.4 Å². The highest BCUT2D eigenvalue weighted by atomic mass is 16.3. The third kappa shape index (κ3) is 4.17. The lowest BCUT2D eigenvalue weighted by atomic mass is 10.0. The van der Waals surface area contributed by atoms with Crippen molar-refractivity contribution in [2.45, 2.75) is 32.2 Å². The van der Waals surface area contributed by atoms with E-state index in [1.165, 1.54) is 15.5 Å². The van der Waals surface area contributed by atoms with Crippen LogP contribution in [0.3, 0.4) is 0 Å². The van der Waals surface area contributed by atoms with Crippen molar-refractivity contribution in [2.75, 3.05) is 12.3 Å². The average molecular weight is 406 g/mol. The first-order chi connectivity index (χ1) is 14.5. The second kappa shape index (κ2) is 8.36. The summed E-state index contributed by atoms with van der Waals surface area (Å²) in [6.45, 7) is 0.267. The maximum absolute atomic E-state index is 12.5. The fraction of sp³-hybridized carbons (Fsp3) is 0.273. The number of furan rings is 1. The molecular formula is C22H22N4O4. The molecule has 0 aliphatic carbocycles. The van der Waals surface area contributed by atoms with Crippen molar-refractivity contribution >= 4 is 17.8 Å². The van der Waals surface area contributed by atoms with Crippen LogP contribution in [0.1, 0.15) is 24.1 Å². The lowest BCUT2D eigenvalue weighted by Gasteiger charge is -2.16. The third-order valence-corrected chi connectivity index (χ3v) is 5.20. The predicted molar refractivity (Wildman–Crippen MR) is 110 cm³/mol. The summed E-state index contributed by atoms with van der Waals surface area (Å²) in [5.41, 5.74) is 8.38. The van der Waals surface area contributed by atoms with Gasteiger partial charge >= 0.3 is 0 Å². The molecule has 2 amide bonds. The monoisotopic (exact) mass is 406 g/mol. The molecule has 8 heteroatoms. The number of hydrogen-bond acceptors (Lipinski definition) is 6. The highest BCUT2D eigenvalue weighted by Crippen LogP contribution is 2.21. The minimum absolute atomic E-state index is 0.0842. The Hall–Kier alpha value is -3.68. The van der Waals surface area contributed by atoms with Crippen molar-refractivity contribution in [1.29, 1.82) is 0 Å². The fourth-order valence-electron chi connectivity index (χ4n) is 3.59. The van der Waals surface area contributed by atoms with Gasteiger partial charge in [0.1, 0.15) is 5.76 Å². The van der Waals surface area contributed by atoms with E-state index in [4.69, 9.17) is 10.2 Å². The number of anilines is 1. The van der Waals surface area contributed by atoms with Crippen LogP contribution in [0.2, 0.25) is 0 Å². The van der Waals surface area contributed by atoms with Crippen molar-refractivity contribution in [2.24, 2.45) is 0 Å². The molecule has 4 rings (SSSR count). The van der Waals surface area contributed by atoms with E-state index in [2.05, 4.69) is 4.98 Å². The van der Waals surface area contributed by atoms with E-state index in [0.717, 1.165) is 16.9 Å². The number of carbonyl (C=O) groups excluding carboxylic acids is 2. The Morgan fingerprint density at radius 3 is 2.47 bits per heavy atom. The lowest BCUT2D eigenvalue weighted by Crippen LogP contribution is -2.35. The molecule has 0 radical (unpaired) electrons. The van der Waals surface area contributed by atoms with Crippen LogP contribution in [0.5, 0.6) is 0 Å². The predicted octanol–water partition coefficient (Wildman–Crippen LogP) is 2.02. The number of amides is 2. The van der Waals surface area contributed by atoms with E-state index >= 15 is 0 Å². The summed E-state index contributed by atoms with van der Waals surface area (Å²) >= 11 is 0. The molecule has 30 heavy (non-hydrogen) atoms. The number of likely N-dealkylation sites (tertiary alicyclic amines) is 1. The Balaban J connectivity index is 1.42. The van der Waals surface area contributed by atoms with E-state index < -0.39 is 0 Å². The largest absolute Gasteiger partial charge is 0.464 e. The summed E-state index contributed by atoms with van der Waals surface area (Å²) in [7, 11) is 0. The summed E-state index contributed by atoms with van der Waals surface area (Å²) < 4.78 is 6.73. The molecule has 1 saturated heterocycles. The smallest absolute Gasteiger partial charge is 0.255 e. The highest BCUT2D eigenvalue weighted by molar-refractivity contribution is 6.01. The number of rotatable bonds is 7. The molecule has 1 fully saturated rings. The van der Waals surface area contributed by atoms with Crippen molar-refractivity contribution < 1.29 is 14.0 Å². The molecule has 154 valence electrons. The Labute approximate surface area is 172 Å². The van der Waals surface area contributed by atoms with Crippen LogP contribution in [0, 0.1) is 0 Å². The first-order valence-corrected chi connectivity index (χ1v) is 9.83. The molecule has 0 bridgehead atoms. The lowest BCUT2D eigenvalue weighted by molar-refractivity contribution is -0.138. The second-order valence-electron chi connectivity index (χ2n) is 7.21. The summed E-state index contributed by atoms with van der Waals surface area (Å²) in [4.78, 5) is 41.4.